The number of nitrogens with one attached hydrogen (secondary N) is 1. The Bertz CT molecular complexity index is 1320. The van der Waals surface area contributed by atoms with Crippen LogP contribution in [0.1, 0.15) is 23.6 Å². The second-order valence-corrected chi connectivity index (χ2v) is 11.0. The Morgan fingerprint density at radius 2 is 1.49 bits per heavy atom. The summed E-state index contributed by atoms with van der Waals surface area (Å²) in [6, 6.07) is 23.2. The quantitative estimate of drug-likeness (QED) is 0.573. The van der Waals surface area contributed by atoms with Gasteiger partial charge in [-0.05, 0) is 50.6 Å². The van der Waals surface area contributed by atoms with Crippen molar-refractivity contribution in [2.45, 2.75) is 37.8 Å². The first-order valence-corrected chi connectivity index (χ1v) is 12.8. The van der Waals surface area contributed by atoms with Crippen molar-refractivity contribution in [3.05, 3.63) is 95.6 Å². The van der Waals surface area contributed by atoms with Crippen molar-refractivity contribution in [3.63, 3.8) is 0 Å². The molecule has 0 aliphatic carbocycles. The summed E-state index contributed by atoms with van der Waals surface area (Å²) < 4.78 is 28.0. The number of sulfonamides is 1. The molecule has 182 valence electrons. The lowest BCUT2D eigenvalue weighted by Crippen LogP contribution is -2.70. The fraction of sp³-hybridized carbons (Fsp3) is 0.259. The zero-order valence-electron chi connectivity index (χ0n) is 20.1. The molecular weight excluding hydrogens is 462 g/mol. The summed E-state index contributed by atoms with van der Waals surface area (Å²) >= 11 is 0. The highest BCUT2D eigenvalue weighted by Crippen LogP contribution is 2.32. The number of hydrogen-bond acceptors (Lipinski definition) is 4. The first-order valence-electron chi connectivity index (χ1n) is 11.4. The van der Waals surface area contributed by atoms with Gasteiger partial charge in [0.1, 0.15) is 5.54 Å². The summed E-state index contributed by atoms with van der Waals surface area (Å²) in [6.45, 7) is 5.14. The monoisotopic (exact) mass is 491 g/mol. The molecule has 0 unspecified atom stereocenters. The standard InChI is InChI=1S/C27H29N3O4S/c1-20-9-13-23(14-10-20)30-25(31)18-29(35(33,34)24-15-11-21(2)12-16-24)19-27(30,3)26(32)28-17-22-7-5-4-6-8-22/h4-16H,17-19H2,1-3H3,(H,28,32)/t27-/m1/s1. The number of benzene rings is 3. The van der Waals surface area contributed by atoms with Crippen LogP contribution in [-0.2, 0) is 26.2 Å². The predicted octanol–water partition coefficient (Wildman–Crippen LogP) is 3.42. The Morgan fingerprint density at radius 3 is 2.09 bits per heavy atom. The minimum Gasteiger partial charge on any atom is -0.350 e. The van der Waals surface area contributed by atoms with E-state index in [-0.39, 0.29) is 24.5 Å². The number of nitrogens with zero attached hydrogens (tertiary/aromatic N) is 2. The number of amides is 2. The maximum Gasteiger partial charge on any atom is 0.247 e. The SMILES string of the molecule is Cc1ccc(N2C(=O)CN(S(=O)(=O)c3ccc(C)cc3)C[C@]2(C)C(=O)NCc2ccccc2)cc1. The Morgan fingerprint density at radius 1 is 0.914 bits per heavy atom. The molecule has 1 saturated heterocycles. The number of piperazine rings is 1. The minimum atomic E-state index is -3.99. The van der Waals surface area contributed by atoms with Crippen LogP contribution < -0.4 is 10.2 Å². The maximum absolute atomic E-state index is 13.6. The van der Waals surface area contributed by atoms with Gasteiger partial charge in [0.2, 0.25) is 21.8 Å². The Labute approximate surface area is 206 Å². The molecule has 8 heteroatoms. The van der Waals surface area contributed by atoms with Crippen molar-refractivity contribution in [3.8, 4) is 0 Å². The van der Waals surface area contributed by atoms with Crippen LogP contribution in [0.4, 0.5) is 5.69 Å². The van der Waals surface area contributed by atoms with E-state index in [1.165, 1.54) is 17.0 Å². The van der Waals surface area contributed by atoms with Gasteiger partial charge in [0.15, 0.2) is 0 Å². The molecule has 1 atom stereocenters. The molecule has 0 aromatic heterocycles. The van der Waals surface area contributed by atoms with Crippen LogP contribution in [0.15, 0.2) is 83.8 Å². The third kappa shape index (κ3) is 4.99. The molecular formula is C27H29N3O4S. The topological polar surface area (TPSA) is 86.8 Å². The van der Waals surface area contributed by atoms with Crippen LogP contribution in [0.5, 0.6) is 0 Å². The maximum atomic E-state index is 13.6. The molecule has 1 heterocycles. The molecule has 1 aliphatic rings. The van der Waals surface area contributed by atoms with Crippen LogP contribution in [0.2, 0.25) is 0 Å². The molecule has 2 amide bonds. The third-order valence-corrected chi connectivity index (χ3v) is 8.08. The van der Waals surface area contributed by atoms with E-state index in [4.69, 9.17) is 0 Å². The van der Waals surface area contributed by atoms with E-state index in [1.807, 2.05) is 56.3 Å². The Balaban J connectivity index is 1.70. The fourth-order valence-electron chi connectivity index (χ4n) is 4.26. The van der Waals surface area contributed by atoms with E-state index in [2.05, 4.69) is 5.32 Å². The summed E-state index contributed by atoms with van der Waals surface area (Å²) in [5.41, 5.74) is 1.92. The average molecular weight is 492 g/mol. The normalized spacial score (nSPS) is 18.9. The summed E-state index contributed by atoms with van der Waals surface area (Å²) in [6.07, 6.45) is 0. The number of hydrogen-bond donors (Lipinski definition) is 1. The van der Waals surface area contributed by atoms with Gasteiger partial charge in [-0.3, -0.25) is 14.5 Å². The summed E-state index contributed by atoms with van der Waals surface area (Å²) in [5.74, 6) is -0.896. The Kier molecular flexibility index (Phi) is 6.78. The summed E-state index contributed by atoms with van der Waals surface area (Å²) in [5, 5.41) is 2.91. The van der Waals surface area contributed by atoms with E-state index < -0.39 is 27.4 Å². The number of carbonyl (C=O) groups is 2. The lowest BCUT2D eigenvalue weighted by molar-refractivity contribution is -0.133. The predicted molar refractivity (Wildman–Crippen MR) is 135 cm³/mol. The van der Waals surface area contributed by atoms with Crippen molar-refractivity contribution in [2.75, 3.05) is 18.0 Å². The molecule has 0 saturated carbocycles. The average Bonchev–Trinajstić information content (AvgIpc) is 2.84. The molecule has 3 aromatic rings. The highest BCUT2D eigenvalue weighted by atomic mass is 32.2. The highest BCUT2D eigenvalue weighted by molar-refractivity contribution is 7.89. The summed E-state index contributed by atoms with van der Waals surface area (Å²) in [4.78, 5) is 28.6. The number of carbonyl (C=O) groups excluding carboxylic acids is 2. The summed E-state index contributed by atoms with van der Waals surface area (Å²) in [7, 11) is -3.99. The zero-order chi connectivity index (χ0) is 25.2. The van der Waals surface area contributed by atoms with Gasteiger partial charge < -0.3 is 5.32 Å². The second kappa shape index (κ2) is 9.64. The third-order valence-electron chi connectivity index (χ3n) is 6.27. The molecule has 4 rings (SSSR count). The van der Waals surface area contributed by atoms with Crippen molar-refractivity contribution in [1.82, 2.24) is 9.62 Å². The lowest BCUT2D eigenvalue weighted by Gasteiger charge is -2.46. The van der Waals surface area contributed by atoms with Gasteiger partial charge in [0.25, 0.3) is 0 Å². The van der Waals surface area contributed by atoms with E-state index in [0.29, 0.717) is 5.69 Å². The number of anilines is 1. The molecule has 0 spiro atoms. The van der Waals surface area contributed by atoms with Crippen LogP contribution in [0.3, 0.4) is 0 Å². The highest BCUT2D eigenvalue weighted by Gasteiger charge is 2.51. The molecule has 0 radical (unpaired) electrons. The van der Waals surface area contributed by atoms with Crippen molar-refractivity contribution in [1.29, 1.82) is 0 Å². The molecule has 35 heavy (non-hydrogen) atoms. The van der Waals surface area contributed by atoms with Gasteiger partial charge in [-0.25, -0.2) is 8.42 Å². The van der Waals surface area contributed by atoms with Gasteiger partial charge in [0.05, 0.1) is 11.4 Å². The van der Waals surface area contributed by atoms with E-state index in [9.17, 15) is 18.0 Å². The fourth-order valence-corrected chi connectivity index (χ4v) is 5.74. The smallest absolute Gasteiger partial charge is 0.247 e. The first-order chi connectivity index (χ1) is 16.6. The lowest BCUT2D eigenvalue weighted by atomic mass is 9.94. The molecule has 7 nitrogen and oxygen atoms in total. The zero-order valence-corrected chi connectivity index (χ0v) is 20.9. The largest absolute Gasteiger partial charge is 0.350 e. The minimum absolute atomic E-state index is 0.0896. The van der Waals surface area contributed by atoms with Gasteiger partial charge in [-0.2, -0.15) is 4.31 Å². The van der Waals surface area contributed by atoms with Crippen molar-refractivity contribution in [2.24, 2.45) is 0 Å². The molecule has 1 fully saturated rings. The molecule has 0 bridgehead atoms. The number of aryl methyl sites for hydroxylation is 2. The van der Waals surface area contributed by atoms with Crippen molar-refractivity contribution < 1.29 is 18.0 Å². The molecule has 3 aromatic carbocycles. The van der Waals surface area contributed by atoms with Crippen molar-refractivity contribution >= 4 is 27.5 Å². The van der Waals surface area contributed by atoms with Crippen LogP contribution in [0.25, 0.3) is 0 Å². The Hall–Kier alpha value is -3.49. The van der Waals surface area contributed by atoms with Crippen LogP contribution in [0, 0.1) is 13.8 Å². The number of rotatable bonds is 6. The van der Waals surface area contributed by atoms with Gasteiger partial charge in [-0.15, -0.1) is 0 Å². The van der Waals surface area contributed by atoms with Gasteiger partial charge in [0, 0.05) is 18.8 Å². The van der Waals surface area contributed by atoms with E-state index in [1.54, 1.807) is 31.2 Å². The van der Waals surface area contributed by atoms with Gasteiger partial charge in [-0.1, -0.05) is 65.7 Å². The second-order valence-electron chi connectivity index (χ2n) is 9.09. The first kappa shape index (κ1) is 24.6. The van der Waals surface area contributed by atoms with Gasteiger partial charge >= 0.3 is 0 Å². The molecule has 1 N–H and O–H groups in total. The molecule has 1 aliphatic heterocycles. The van der Waals surface area contributed by atoms with E-state index >= 15 is 0 Å². The van der Waals surface area contributed by atoms with Crippen LogP contribution >= 0.6 is 0 Å². The van der Waals surface area contributed by atoms with Crippen LogP contribution in [-0.4, -0.2) is 43.2 Å². The van der Waals surface area contributed by atoms with E-state index in [0.717, 1.165) is 21.0 Å².